The minimum absolute atomic E-state index is 0.0341. The monoisotopic (exact) mass is 410 g/mol. The van der Waals surface area contributed by atoms with Gasteiger partial charge in [-0.05, 0) is 24.3 Å². The summed E-state index contributed by atoms with van der Waals surface area (Å²) in [5, 5.41) is 26.8. The first-order chi connectivity index (χ1) is 13.5. The fourth-order valence-electron chi connectivity index (χ4n) is 2.52. The lowest BCUT2D eigenvalue weighted by molar-refractivity contribution is -0.385. The Bertz CT molecular complexity index is 1070. The predicted octanol–water partition coefficient (Wildman–Crippen LogP) is 5.42. The Kier molecular flexibility index (Phi) is 4.63. The molecular weight excluding hydrogens is 400 g/mol. The molecular formula is C18H10N4O4S2. The fourth-order valence-corrected chi connectivity index (χ4v) is 4.22. The van der Waals surface area contributed by atoms with Crippen molar-refractivity contribution in [2.45, 2.75) is 0 Å². The molecule has 28 heavy (non-hydrogen) atoms. The number of non-ortho nitro benzene ring substituents is 2. The molecule has 0 fully saturated rings. The van der Waals surface area contributed by atoms with Gasteiger partial charge in [0.2, 0.25) is 0 Å². The number of hydrogen-bond donors (Lipinski definition) is 0. The van der Waals surface area contributed by atoms with Crippen LogP contribution in [0.1, 0.15) is 0 Å². The van der Waals surface area contributed by atoms with E-state index in [0.29, 0.717) is 0 Å². The normalized spacial score (nSPS) is 10.7. The molecule has 0 aliphatic heterocycles. The lowest BCUT2D eigenvalue weighted by Crippen LogP contribution is -1.87. The molecule has 0 radical (unpaired) electrons. The van der Waals surface area contributed by atoms with Gasteiger partial charge in [-0.15, -0.1) is 22.7 Å². The zero-order valence-electron chi connectivity index (χ0n) is 14.0. The Morgan fingerprint density at radius 3 is 1.32 bits per heavy atom. The van der Waals surface area contributed by atoms with Gasteiger partial charge < -0.3 is 0 Å². The van der Waals surface area contributed by atoms with Crippen LogP contribution in [0, 0.1) is 20.2 Å². The molecule has 138 valence electrons. The molecule has 4 rings (SSSR count). The Hall–Kier alpha value is -3.50. The van der Waals surface area contributed by atoms with Crippen LogP contribution in [0.4, 0.5) is 11.4 Å². The van der Waals surface area contributed by atoms with Crippen molar-refractivity contribution in [2.24, 2.45) is 0 Å². The van der Waals surface area contributed by atoms with Gasteiger partial charge in [0.25, 0.3) is 11.4 Å². The number of hydrogen-bond acceptors (Lipinski definition) is 8. The van der Waals surface area contributed by atoms with Crippen LogP contribution in [-0.2, 0) is 0 Å². The average molecular weight is 410 g/mol. The molecule has 0 atom stereocenters. The van der Waals surface area contributed by atoms with E-state index in [-0.39, 0.29) is 11.4 Å². The van der Waals surface area contributed by atoms with Crippen LogP contribution in [0.25, 0.3) is 32.5 Å². The van der Waals surface area contributed by atoms with Gasteiger partial charge in [0.15, 0.2) is 10.0 Å². The molecule has 8 nitrogen and oxygen atoms in total. The van der Waals surface area contributed by atoms with Gasteiger partial charge in [-0.25, -0.2) is 9.97 Å². The molecule has 0 aliphatic rings. The van der Waals surface area contributed by atoms with Crippen LogP contribution < -0.4 is 0 Å². The van der Waals surface area contributed by atoms with Crippen molar-refractivity contribution < 1.29 is 9.85 Å². The minimum Gasteiger partial charge on any atom is -0.258 e. The number of nitro benzene ring substituents is 2. The maximum absolute atomic E-state index is 10.8. The third-order valence-electron chi connectivity index (χ3n) is 3.94. The largest absolute Gasteiger partial charge is 0.269 e. The van der Waals surface area contributed by atoms with Crippen molar-refractivity contribution in [1.82, 2.24) is 9.97 Å². The molecule has 0 aliphatic carbocycles. The topological polar surface area (TPSA) is 112 Å². The highest BCUT2D eigenvalue weighted by atomic mass is 32.1. The summed E-state index contributed by atoms with van der Waals surface area (Å²) in [6.07, 6.45) is 0. The third kappa shape index (κ3) is 3.50. The first kappa shape index (κ1) is 17.9. The highest BCUT2D eigenvalue weighted by Gasteiger charge is 2.13. The van der Waals surface area contributed by atoms with Crippen molar-refractivity contribution in [3.8, 4) is 32.5 Å². The van der Waals surface area contributed by atoms with Gasteiger partial charge in [0.1, 0.15) is 0 Å². The number of benzene rings is 2. The molecule has 4 aromatic rings. The van der Waals surface area contributed by atoms with Gasteiger partial charge in [0.05, 0.1) is 21.2 Å². The number of aromatic nitrogens is 2. The Labute approximate surface area is 166 Å². The van der Waals surface area contributed by atoms with E-state index >= 15 is 0 Å². The summed E-state index contributed by atoms with van der Waals surface area (Å²) >= 11 is 2.87. The highest BCUT2D eigenvalue weighted by molar-refractivity contribution is 7.20. The van der Waals surface area contributed by atoms with Crippen LogP contribution in [0.3, 0.4) is 0 Å². The van der Waals surface area contributed by atoms with Crippen LogP contribution in [0.5, 0.6) is 0 Å². The Balaban J connectivity index is 1.57. The number of thiazole rings is 2. The summed E-state index contributed by atoms with van der Waals surface area (Å²) in [5.74, 6) is 0. The molecule has 0 spiro atoms. The van der Waals surface area contributed by atoms with E-state index in [0.717, 1.165) is 32.5 Å². The highest BCUT2D eigenvalue weighted by Crippen LogP contribution is 2.34. The standard InChI is InChI=1S/C18H10N4O4S2/c23-21(24)13-5-1-11(2-6-13)15-9-27-17(19-15)18-20-16(10-28-18)12-3-7-14(8-4-12)22(25)26/h1-10H. The first-order valence-corrected chi connectivity index (χ1v) is 9.68. The zero-order valence-corrected chi connectivity index (χ0v) is 15.6. The molecule has 10 heteroatoms. The van der Waals surface area contributed by atoms with Gasteiger partial charge in [-0.2, -0.15) is 0 Å². The molecule has 2 heterocycles. The van der Waals surface area contributed by atoms with Crippen molar-refractivity contribution in [3.63, 3.8) is 0 Å². The summed E-state index contributed by atoms with van der Waals surface area (Å²) in [7, 11) is 0. The Morgan fingerprint density at radius 1 is 0.643 bits per heavy atom. The SMILES string of the molecule is O=[N+]([O-])c1ccc(-c2csc(-c3nc(-c4ccc([N+](=O)[O-])cc4)cs3)n2)cc1. The molecule has 2 aromatic heterocycles. The molecule has 0 saturated carbocycles. The van der Waals surface area contributed by atoms with Crippen LogP contribution in [0.15, 0.2) is 59.3 Å². The van der Waals surface area contributed by atoms with E-state index in [4.69, 9.17) is 0 Å². The number of nitro groups is 2. The molecule has 2 aromatic carbocycles. The van der Waals surface area contributed by atoms with Crippen molar-refractivity contribution in [3.05, 3.63) is 79.5 Å². The van der Waals surface area contributed by atoms with Gasteiger partial charge >= 0.3 is 0 Å². The smallest absolute Gasteiger partial charge is 0.258 e. The lowest BCUT2D eigenvalue weighted by atomic mass is 10.1. The second-order valence-electron chi connectivity index (χ2n) is 5.68. The number of nitrogens with zero attached hydrogens (tertiary/aromatic N) is 4. The summed E-state index contributed by atoms with van der Waals surface area (Å²) in [4.78, 5) is 29.8. The average Bonchev–Trinajstić information content (AvgIpc) is 3.38. The van der Waals surface area contributed by atoms with Crippen LogP contribution in [-0.4, -0.2) is 19.8 Å². The molecule has 0 N–H and O–H groups in total. The van der Waals surface area contributed by atoms with E-state index < -0.39 is 9.85 Å². The lowest BCUT2D eigenvalue weighted by Gasteiger charge is -1.96. The number of rotatable bonds is 5. The van der Waals surface area contributed by atoms with Gasteiger partial charge in [-0.1, -0.05) is 0 Å². The van der Waals surface area contributed by atoms with Gasteiger partial charge in [0, 0.05) is 46.2 Å². The fraction of sp³-hybridized carbons (Fsp3) is 0. The van der Waals surface area contributed by atoms with E-state index in [2.05, 4.69) is 9.97 Å². The van der Waals surface area contributed by atoms with Crippen LogP contribution in [0.2, 0.25) is 0 Å². The molecule has 0 amide bonds. The summed E-state index contributed by atoms with van der Waals surface area (Å²) in [6.45, 7) is 0. The molecule has 0 bridgehead atoms. The van der Waals surface area contributed by atoms with Gasteiger partial charge in [-0.3, -0.25) is 20.2 Å². The Morgan fingerprint density at radius 2 is 1.00 bits per heavy atom. The van der Waals surface area contributed by atoms with E-state index in [9.17, 15) is 20.2 Å². The summed E-state index contributed by atoms with van der Waals surface area (Å²) in [6, 6.07) is 12.5. The van der Waals surface area contributed by atoms with Crippen LogP contribution >= 0.6 is 22.7 Å². The molecule has 0 saturated heterocycles. The minimum atomic E-state index is -0.439. The first-order valence-electron chi connectivity index (χ1n) is 7.92. The maximum Gasteiger partial charge on any atom is 0.269 e. The summed E-state index contributed by atoms with van der Waals surface area (Å²) < 4.78 is 0. The predicted molar refractivity (Wildman–Crippen MR) is 107 cm³/mol. The van der Waals surface area contributed by atoms with E-state index in [1.54, 1.807) is 24.3 Å². The molecule has 0 unspecified atom stereocenters. The maximum atomic E-state index is 10.8. The van der Waals surface area contributed by atoms with E-state index in [1.165, 1.54) is 46.9 Å². The third-order valence-corrected chi connectivity index (χ3v) is 5.77. The quantitative estimate of drug-likeness (QED) is 0.321. The summed E-state index contributed by atoms with van der Waals surface area (Å²) in [5.41, 5.74) is 3.10. The zero-order chi connectivity index (χ0) is 19.7. The van der Waals surface area contributed by atoms with Crippen molar-refractivity contribution >= 4 is 34.0 Å². The second kappa shape index (κ2) is 7.25. The van der Waals surface area contributed by atoms with Crippen molar-refractivity contribution in [1.29, 1.82) is 0 Å². The second-order valence-corrected chi connectivity index (χ2v) is 7.40. The van der Waals surface area contributed by atoms with Crippen molar-refractivity contribution in [2.75, 3.05) is 0 Å². The van der Waals surface area contributed by atoms with E-state index in [1.807, 2.05) is 10.8 Å².